The predicted molar refractivity (Wildman–Crippen MR) is 102 cm³/mol. The first-order valence-corrected chi connectivity index (χ1v) is 8.81. The highest BCUT2D eigenvalue weighted by molar-refractivity contribution is 6.30. The van der Waals surface area contributed by atoms with E-state index in [1.165, 1.54) is 6.33 Å². The van der Waals surface area contributed by atoms with E-state index in [0.717, 1.165) is 0 Å². The fourth-order valence-electron chi connectivity index (χ4n) is 2.79. The number of nitrogens with zero attached hydrogens (tertiary/aromatic N) is 3. The monoisotopic (exact) mass is 391 g/mol. The number of aliphatic hydroxyl groups is 1. The number of ether oxygens (including phenoxy) is 1. The van der Waals surface area contributed by atoms with Gasteiger partial charge in [-0.25, -0.2) is 9.67 Å². The van der Waals surface area contributed by atoms with E-state index in [1.54, 1.807) is 59.5 Å². The third-order valence-corrected chi connectivity index (χ3v) is 4.87. The minimum atomic E-state index is -1.40. The molecular weight excluding hydrogens is 373 g/mol. The van der Waals surface area contributed by atoms with Gasteiger partial charge in [0.15, 0.2) is 0 Å². The van der Waals surface area contributed by atoms with Gasteiger partial charge in [0.25, 0.3) is 0 Å². The third-order valence-electron chi connectivity index (χ3n) is 4.36. The van der Waals surface area contributed by atoms with Crippen molar-refractivity contribution in [2.75, 3.05) is 0 Å². The molecule has 0 radical (unpaired) electrons. The van der Waals surface area contributed by atoms with Crippen LogP contribution in [0.15, 0.2) is 61.2 Å². The maximum Gasteiger partial charge on any atom is 0.148 e. The Morgan fingerprint density at radius 3 is 2.12 bits per heavy atom. The van der Waals surface area contributed by atoms with Gasteiger partial charge >= 0.3 is 0 Å². The Balaban J connectivity index is 2.00. The minimum Gasteiger partial charge on any atom is -0.484 e. The summed E-state index contributed by atoms with van der Waals surface area (Å²) in [7, 11) is 0. The van der Waals surface area contributed by atoms with E-state index in [0.29, 0.717) is 21.4 Å². The summed E-state index contributed by atoms with van der Waals surface area (Å²) in [6.07, 6.45) is 2.98. The Hall–Kier alpha value is -2.08. The summed E-state index contributed by atoms with van der Waals surface area (Å²) in [5.41, 5.74) is -1.73. The van der Waals surface area contributed by atoms with Crippen molar-refractivity contribution < 1.29 is 9.84 Å². The maximum atomic E-state index is 11.7. The Morgan fingerprint density at radius 2 is 1.58 bits per heavy atom. The van der Waals surface area contributed by atoms with Gasteiger partial charge in [-0.15, -0.1) is 0 Å². The molecule has 1 N–H and O–H groups in total. The molecule has 1 aromatic heterocycles. The molecule has 1 atom stereocenters. The number of hydrogen-bond donors (Lipinski definition) is 1. The normalized spacial score (nSPS) is 14.0. The molecule has 0 amide bonds. The highest BCUT2D eigenvalue weighted by Gasteiger charge is 2.48. The first-order chi connectivity index (χ1) is 12.3. The van der Waals surface area contributed by atoms with E-state index in [-0.39, 0.29) is 6.54 Å². The summed E-state index contributed by atoms with van der Waals surface area (Å²) in [6.45, 7) is 3.81. The van der Waals surface area contributed by atoms with E-state index in [1.807, 2.05) is 13.8 Å². The lowest BCUT2D eigenvalue weighted by Gasteiger charge is -2.42. The molecule has 0 bridgehead atoms. The van der Waals surface area contributed by atoms with Gasteiger partial charge in [0, 0.05) is 10.0 Å². The van der Waals surface area contributed by atoms with Gasteiger partial charge in [0.05, 0.1) is 6.54 Å². The minimum absolute atomic E-state index is 0.162. The number of aromatic nitrogens is 3. The van der Waals surface area contributed by atoms with Gasteiger partial charge in [0.1, 0.15) is 29.6 Å². The molecule has 0 saturated heterocycles. The van der Waals surface area contributed by atoms with Crippen molar-refractivity contribution in [2.45, 2.75) is 31.6 Å². The highest BCUT2D eigenvalue weighted by Crippen LogP contribution is 2.38. The van der Waals surface area contributed by atoms with Crippen molar-refractivity contribution >= 4 is 23.2 Å². The first-order valence-electron chi connectivity index (χ1n) is 8.06. The van der Waals surface area contributed by atoms with Crippen LogP contribution in [0.1, 0.15) is 19.4 Å². The summed E-state index contributed by atoms with van der Waals surface area (Å²) < 4.78 is 7.72. The van der Waals surface area contributed by atoms with Gasteiger partial charge in [0.2, 0.25) is 0 Å². The third kappa shape index (κ3) is 3.85. The lowest BCUT2D eigenvalue weighted by Crippen LogP contribution is -2.54. The standard InChI is InChI=1S/C19H19Cl2N3O2/c1-18(2,26-17-9-7-16(21)8-10-17)19(25,11-24-13-22-12-23-24)14-3-5-15(20)6-4-14/h3-10,12-13,25H,11H2,1-2H3. The van der Waals surface area contributed by atoms with Crippen LogP contribution in [0, 0.1) is 0 Å². The summed E-state index contributed by atoms with van der Waals surface area (Å²) in [6, 6.07) is 14.1. The van der Waals surface area contributed by atoms with Crippen LogP contribution in [-0.2, 0) is 12.1 Å². The van der Waals surface area contributed by atoms with Crippen molar-refractivity contribution in [1.82, 2.24) is 14.8 Å². The second-order valence-electron chi connectivity index (χ2n) is 6.53. The predicted octanol–water partition coefficient (Wildman–Crippen LogP) is 4.33. The molecule has 0 aliphatic heterocycles. The van der Waals surface area contributed by atoms with E-state index >= 15 is 0 Å². The molecule has 3 aromatic rings. The van der Waals surface area contributed by atoms with Gasteiger partial charge in [-0.3, -0.25) is 0 Å². The summed E-state index contributed by atoms with van der Waals surface area (Å²) >= 11 is 12.0. The van der Waals surface area contributed by atoms with E-state index in [4.69, 9.17) is 27.9 Å². The largest absolute Gasteiger partial charge is 0.484 e. The molecular formula is C19H19Cl2N3O2. The maximum absolute atomic E-state index is 11.7. The molecule has 1 heterocycles. The van der Waals surface area contributed by atoms with Crippen LogP contribution >= 0.6 is 23.2 Å². The second kappa shape index (κ2) is 7.27. The van der Waals surface area contributed by atoms with Crippen molar-refractivity contribution in [3.63, 3.8) is 0 Å². The highest BCUT2D eigenvalue weighted by atomic mass is 35.5. The van der Waals surface area contributed by atoms with E-state index < -0.39 is 11.2 Å². The zero-order valence-electron chi connectivity index (χ0n) is 14.4. The quantitative estimate of drug-likeness (QED) is 0.679. The molecule has 26 heavy (non-hydrogen) atoms. The number of rotatable bonds is 6. The van der Waals surface area contributed by atoms with Gasteiger partial charge in [-0.2, -0.15) is 5.10 Å². The summed E-state index contributed by atoms with van der Waals surface area (Å²) in [4.78, 5) is 3.95. The summed E-state index contributed by atoms with van der Waals surface area (Å²) in [5.74, 6) is 0.602. The van der Waals surface area contributed by atoms with Crippen LogP contribution in [0.5, 0.6) is 5.75 Å². The molecule has 3 rings (SSSR count). The Bertz CT molecular complexity index is 850. The Morgan fingerprint density at radius 1 is 1.00 bits per heavy atom. The van der Waals surface area contributed by atoms with Crippen molar-refractivity contribution in [1.29, 1.82) is 0 Å². The van der Waals surface area contributed by atoms with Crippen LogP contribution in [-0.4, -0.2) is 25.5 Å². The van der Waals surface area contributed by atoms with Gasteiger partial charge in [-0.05, 0) is 55.8 Å². The van der Waals surface area contributed by atoms with Crippen molar-refractivity contribution in [3.8, 4) is 5.75 Å². The molecule has 5 nitrogen and oxygen atoms in total. The topological polar surface area (TPSA) is 60.2 Å². The Kier molecular flexibility index (Phi) is 5.23. The molecule has 0 fully saturated rings. The van der Waals surface area contributed by atoms with Gasteiger partial charge in [-0.1, -0.05) is 35.3 Å². The second-order valence-corrected chi connectivity index (χ2v) is 7.40. The summed E-state index contributed by atoms with van der Waals surface area (Å²) in [5, 5.41) is 17.0. The molecule has 136 valence electrons. The fourth-order valence-corrected chi connectivity index (χ4v) is 3.04. The van der Waals surface area contributed by atoms with E-state index in [2.05, 4.69) is 10.1 Å². The number of hydrogen-bond acceptors (Lipinski definition) is 4. The van der Waals surface area contributed by atoms with Crippen molar-refractivity contribution in [2.24, 2.45) is 0 Å². The number of benzene rings is 2. The molecule has 0 spiro atoms. The zero-order valence-corrected chi connectivity index (χ0v) is 15.9. The molecule has 2 aromatic carbocycles. The van der Waals surface area contributed by atoms with E-state index in [9.17, 15) is 5.11 Å². The zero-order chi connectivity index (χ0) is 18.8. The molecule has 0 aliphatic rings. The lowest BCUT2D eigenvalue weighted by molar-refractivity contribution is -0.133. The van der Waals surface area contributed by atoms with Crippen molar-refractivity contribution in [3.05, 3.63) is 76.8 Å². The SMILES string of the molecule is CC(C)(Oc1ccc(Cl)cc1)C(O)(Cn1cncn1)c1ccc(Cl)cc1. The average Bonchev–Trinajstić information content (AvgIpc) is 3.10. The molecule has 1 unspecified atom stereocenters. The lowest BCUT2D eigenvalue weighted by atomic mass is 9.79. The first kappa shape index (κ1) is 18.7. The number of halogens is 2. The average molecular weight is 392 g/mol. The smallest absolute Gasteiger partial charge is 0.148 e. The molecule has 0 saturated carbocycles. The van der Waals surface area contributed by atoms with Crippen LogP contribution in [0.3, 0.4) is 0 Å². The van der Waals surface area contributed by atoms with Gasteiger partial charge < -0.3 is 9.84 Å². The fraction of sp³-hybridized carbons (Fsp3) is 0.263. The van der Waals surface area contributed by atoms with Crippen LogP contribution in [0.2, 0.25) is 10.0 Å². The van der Waals surface area contributed by atoms with Crippen LogP contribution in [0.25, 0.3) is 0 Å². The van der Waals surface area contributed by atoms with Crippen LogP contribution < -0.4 is 4.74 Å². The molecule has 7 heteroatoms. The molecule has 0 aliphatic carbocycles. The Labute approximate surface area is 162 Å². The van der Waals surface area contributed by atoms with Crippen LogP contribution in [0.4, 0.5) is 0 Å².